The summed E-state index contributed by atoms with van der Waals surface area (Å²) in [5.41, 5.74) is 8.01. The summed E-state index contributed by atoms with van der Waals surface area (Å²) in [4.78, 5) is 4.32. The van der Waals surface area contributed by atoms with Crippen LogP contribution >= 0.6 is 27.7 Å². The van der Waals surface area contributed by atoms with Crippen molar-refractivity contribution in [3.05, 3.63) is 40.4 Å². The molecule has 2 nitrogen and oxygen atoms in total. The molecule has 2 N–H and O–H groups in total. The zero-order chi connectivity index (χ0) is 12.0. The van der Waals surface area contributed by atoms with Gasteiger partial charge in [0, 0.05) is 10.2 Å². The number of halogens is 1. The highest BCUT2D eigenvalue weighted by Gasteiger charge is 1.96. The Morgan fingerprint density at radius 2 is 2.06 bits per heavy atom. The number of rotatable bonds is 3. The summed E-state index contributed by atoms with van der Waals surface area (Å²) in [6.45, 7) is 4.11. The summed E-state index contributed by atoms with van der Waals surface area (Å²) in [7, 11) is 0. The van der Waals surface area contributed by atoms with Crippen LogP contribution in [0, 0.1) is 0 Å². The minimum atomic E-state index is 0.600. The van der Waals surface area contributed by atoms with Crippen LogP contribution in [-0.2, 0) is 0 Å². The van der Waals surface area contributed by atoms with Gasteiger partial charge in [0.1, 0.15) is 0 Å². The number of aliphatic imine (C=N–C) groups is 1. The van der Waals surface area contributed by atoms with Gasteiger partial charge in [-0.3, -0.25) is 0 Å². The number of nitrogens with two attached hydrogens (primary N) is 1. The lowest BCUT2D eigenvalue weighted by atomic mass is 10.3. The lowest BCUT2D eigenvalue weighted by molar-refractivity contribution is 1.38. The van der Waals surface area contributed by atoms with E-state index in [1.165, 1.54) is 5.57 Å². The van der Waals surface area contributed by atoms with Crippen molar-refractivity contribution < 1.29 is 0 Å². The predicted molar refractivity (Wildman–Crippen MR) is 77.3 cm³/mol. The highest BCUT2D eigenvalue weighted by Crippen LogP contribution is 2.18. The van der Waals surface area contributed by atoms with Crippen molar-refractivity contribution in [2.45, 2.75) is 13.8 Å². The van der Waals surface area contributed by atoms with Crippen LogP contribution in [0.4, 0.5) is 5.69 Å². The zero-order valence-corrected chi connectivity index (χ0v) is 11.8. The van der Waals surface area contributed by atoms with Crippen molar-refractivity contribution in [1.29, 1.82) is 0 Å². The molecule has 1 aromatic rings. The molecule has 0 atom stereocenters. The molecule has 0 aromatic heterocycles. The Bertz CT molecular complexity index is 396. The molecule has 0 heterocycles. The van der Waals surface area contributed by atoms with Crippen LogP contribution < -0.4 is 5.73 Å². The second-order valence-electron chi connectivity index (χ2n) is 3.35. The van der Waals surface area contributed by atoms with Crippen LogP contribution in [0.2, 0.25) is 0 Å². The molecule has 1 rings (SSSR count). The molecule has 0 saturated heterocycles. The van der Waals surface area contributed by atoms with Gasteiger partial charge in [-0.2, -0.15) is 0 Å². The van der Waals surface area contributed by atoms with E-state index in [1.807, 2.05) is 31.2 Å². The second-order valence-corrected chi connectivity index (χ2v) is 5.26. The van der Waals surface area contributed by atoms with E-state index in [1.54, 1.807) is 11.8 Å². The van der Waals surface area contributed by atoms with Gasteiger partial charge in [-0.05, 0) is 38.1 Å². The maximum absolute atomic E-state index is 5.82. The van der Waals surface area contributed by atoms with Gasteiger partial charge in [-0.1, -0.05) is 39.3 Å². The van der Waals surface area contributed by atoms with E-state index in [2.05, 4.69) is 33.9 Å². The van der Waals surface area contributed by atoms with E-state index in [-0.39, 0.29) is 0 Å². The first-order valence-corrected chi connectivity index (χ1v) is 6.74. The Morgan fingerprint density at radius 1 is 1.44 bits per heavy atom. The predicted octanol–water partition coefficient (Wildman–Crippen LogP) is 4.09. The zero-order valence-electron chi connectivity index (χ0n) is 9.40. The summed E-state index contributed by atoms with van der Waals surface area (Å²) in [6.07, 6.45) is 2.08. The van der Waals surface area contributed by atoms with E-state index in [9.17, 15) is 0 Å². The first kappa shape index (κ1) is 13.3. The Balaban J connectivity index is 2.59. The molecular formula is C12H15BrN2S. The average molecular weight is 299 g/mol. The average Bonchev–Trinajstić information content (AvgIpc) is 2.29. The van der Waals surface area contributed by atoms with Crippen LogP contribution in [-0.4, -0.2) is 10.9 Å². The van der Waals surface area contributed by atoms with Crippen LogP contribution in [0.25, 0.3) is 0 Å². The van der Waals surface area contributed by atoms with Crippen LogP contribution in [0.15, 0.2) is 45.4 Å². The summed E-state index contributed by atoms with van der Waals surface area (Å²) in [5.74, 6) is 0.891. The first-order valence-electron chi connectivity index (χ1n) is 4.96. The monoisotopic (exact) mass is 298 g/mol. The highest BCUT2D eigenvalue weighted by atomic mass is 79.9. The number of hydrogen-bond donors (Lipinski definition) is 1. The molecular weight excluding hydrogens is 284 g/mol. The number of allylic oxidation sites excluding steroid dienone is 1. The molecule has 0 amide bonds. The largest absolute Gasteiger partial charge is 0.378 e. The molecule has 4 heteroatoms. The molecule has 0 spiro atoms. The smallest absolute Gasteiger partial charge is 0.159 e. The molecule has 86 valence electrons. The molecule has 16 heavy (non-hydrogen) atoms. The lowest BCUT2D eigenvalue weighted by Crippen LogP contribution is -2.06. The van der Waals surface area contributed by atoms with Crippen molar-refractivity contribution in [3.8, 4) is 0 Å². The minimum absolute atomic E-state index is 0.600. The molecule has 0 aliphatic heterocycles. The molecule has 0 aliphatic carbocycles. The van der Waals surface area contributed by atoms with Crippen molar-refractivity contribution in [1.82, 2.24) is 0 Å². The quantitative estimate of drug-likeness (QED) is 0.518. The van der Waals surface area contributed by atoms with Crippen molar-refractivity contribution in [2.75, 3.05) is 5.75 Å². The third-order valence-electron chi connectivity index (χ3n) is 2.01. The van der Waals surface area contributed by atoms with E-state index in [0.717, 1.165) is 15.9 Å². The molecule has 0 aliphatic rings. The SMILES string of the molecule is C/C=C(\C)CS/C(N)=N/c1ccc(Br)cc1. The topological polar surface area (TPSA) is 38.4 Å². The number of nitrogens with zero attached hydrogens (tertiary/aromatic N) is 1. The van der Waals surface area contributed by atoms with Crippen LogP contribution in [0.3, 0.4) is 0 Å². The summed E-state index contributed by atoms with van der Waals surface area (Å²) >= 11 is 4.93. The van der Waals surface area contributed by atoms with Gasteiger partial charge >= 0.3 is 0 Å². The molecule has 0 unspecified atom stereocenters. The van der Waals surface area contributed by atoms with Gasteiger partial charge in [0.25, 0.3) is 0 Å². The second kappa shape index (κ2) is 6.76. The summed E-state index contributed by atoms with van der Waals surface area (Å²) in [5, 5.41) is 0.600. The first-order chi connectivity index (χ1) is 7.61. The van der Waals surface area contributed by atoms with Gasteiger partial charge in [-0.25, -0.2) is 4.99 Å². The molecule has 1 aromatic carbocycles. The fraction of sp³-hybridized carbons (Fsp3) is 0.250. The van der Waals surface area contributed by atoms with E-state index in [4.69, 9.17) is 5.73 Å². The van der Waals surface area contributed by atoms with Crippen molar-refractivity contribution in [2.24, 2.45) is 10.7 Å². The van der Waals surface area contributed by atoms with Crippen LogP contribution in [0.1, 0.15) is 13.8 Å². The molecule has 0 radical (unpaired) electrons. The summed E-state index contributed by atoms with van der Waals surface area (Å²) in [6, 6.07) is 7.77. The Labute approximate surface area is 109 Å². The van der Waals surface area contributed by atoms with Gasteiger partial charge in [-0.15, -0.1) is 0 Å². The van der Waals surface area contributed by atoms with Gasteiger partial charge in [0.15, 0.2) is 5.17 Å². The van der Waals surface area contributed by atoms with Crippen molar-refractivity contribution in [3.63, 3.8) is 0 Å². The highest BCUT2D eigenvalue weighted by molar-refractivity contribution is 9.10. The minimum Gasteiger partial charge on any atom is -0.378 e. The van der Waals surface area contributed by atoms with Gasteiger partial charge in [0.05, 0.1) is 5.69 Å². The van der Waals surface area contributed by atoms with E-state index in [0.29, 0.717) is 5.17 Å². The number of thioether (sulfide) groups is 1. The Kier molecular flexibility index (Phi) is 5.63. The fourth-order valence-electron chi connectivity index (χ4n) is 0.946. The maximum Gasteiger partial charge on any atom is 0.159 e. The maximum atomic E-state index is 5.82. The normalized spacial score (nSPS) is 12.9. The Morgan fingerprint density at radius 3 is 2.62 bits per heavy atom. The van der Waals surface area contributed by atoms with Gasteiger partial charge in [0.2, 0.25) is 0 Å². The number of amidine groups is 1. The summed E-state index contributed by atoms with van der Waals surface area (Å²) < 4.78 is 1.04. The third-order valence-corrected chi connectivity index (χ3v) is 3.52. The van der Waals surface area contributed by atoms with Gasteiger partial charge < -0.3 is 5.73 Å². The third kappa shape index (κ3) is 4.86. The Hall–Kier alpha value is -0.740. The van der Waals surface area contributed by atoms with Crippen LogP contribution in [0.5, 0.6) is 0 Å². The molecule has 0 bridgehead atoms. The number of benzene rings is 1. The lowest BCUT2D eigenvalue weighted by Gasteiger charge is -2.01. The van der Waals surface area contributed by atoms with E-state index < -0.39 is 0 Å². The molecule has 0 fully saturated rings. The van der Waals surface area contributed by atoms with Crippen molar-refractivity contribution >= 4 is 38.5 Å². The standard InChI is InChI=1S/C12H15BrN2S/c1-3-9(2)8-16-12(14)15-11-6-4-10(13)5-7-11/h3-7H,8H2,1-2H3,(H2,14,15)/b9-3+. The fourth-order valence-corrected chi connectivity index (χ4v) is 1.92. The molecule has 0 saturated carbocycles. The number of hydrogen-bond acceptors (Lipinski definition) is 2. The van der Waals surface area contributed by atoms with E-state index >= 15 is 0 Å².